The van der Waals surface area contributed by atoms with E-state index in [2.05, 4.69) is 28.2 Å². The van der Waals surface area contributed by atoms with Gasteiger partial charge in [-0.15, -0.1) is 0 Å². The Bertz CT molecular complexity index is 1320. The summed E-state index contributed by atoms with van der Waals surface area (Å²) in [7, 11) is 4.79. The molecule has 7 nitrogen and oxygen atoms in total. The Balaban J connectivity index is 1.77. The molecule has 1 aliphatic heterocycles. The largest absolute Gasteiger partial charge is 0.496 e. The monoisotopic (exact) mass is 615 g/mol. The number of methoxy groups -OCH3 is 3. The lowest BCUT2D eigenvalue weighted by atomic mass is 9.71. The van der Waals surface area contributed by atoms with Crippen molar-refractivity contribution in [3.8, 4) is 17.2 Å². The molecule has 0 aromatic heterocycles. The minimum absolute atomic E-state index is 0.0186. The number of Topliss-reactive ketones (excluding diaryl/α,β-unsaturated/α-hetero) is 1. The fraction of sp³-hybridized carbons (Fsp3) is 0.400. The Kier molecular flexibility index (Phi) is 9.67. The zero-order valence-corrected chi connectivity index (χ0v) is 25.3. The minimum Gasteiger partial charge on any atom is -0.496 e. The molecule has 1 N–H and O–H groups in total. The van der Waals surface area contributed by atoms with Gasteiger partial charge in [0.15, 0.2) is 17.3 Å². The van der Waals surface area contributed by atoms with E-state index in [1.54, 1.807) is 33.1 Å². The van der Waals surface area contributed by atoms with Crippen molar-refractivity contribution in [3.63, 3.8) is 0 Å². The van der Waals surface area contributed by atoms with E-state index in [-0.39, 0.29) is 11.7 Å². The molecule has 0 spiro atoms. The van der Waals surface area contributed by atoms with Gasteiger partial charge in [0, 0.05) is 39.2 Å². The molecule has 0 saturated heterocycles. The van der Waals surface area contributed by atoms with Crippen molar-refractivity contribution in [1.29, 1.82) is 0 Å². The number of nitrogens with one attached hydrogen (secondary N) is 1. The molecular weight excluding hydrogens is 582 g/mol. The molecule has 0 unspecified atom stereocenters. The predicted molar refractivity (Wildman–Crippen MR) is 157 cm³/mol. The minimum atomic E-state index is -0.612. The van der Waals surface area contributed by atoms with Crippen molar-refractivity contribution in [1.82, 2.24) is 5.32 Å². The maximum atomic E-state index is 13.9. The van der Waals surface area contributed by atoms with Crippen LogP contribution in [0.1, 0.15) is 49.7 Å². The van der Waals surface area contributed by atoms with Crippen LogP contribution in [0, 0.1) is 0 Å². The normalized spacial score (nSPS) is 18.9. The zero-order valence-electron chi connectivity index (χ0n) is 22.9. The number of ketones is 1. The van der Waals surface area contributed by atoms with E-state index in [9.17, 15) is 9.59 Å². The van der Waals surface area contributed by atoms with Crippen LogP contribution in [0.4, 0.5) is 0 Å². The SMILES string of the molecule is CCSCCOC(=O)C1=C(C)NC2=C(C(=O)C[C@@H](c3ccc(OC)c(OC)c3)C2)[C@@H]1c1cc(Br)ccc1OC. The van der Waals surface area contributed by atoms with Gasteiger partial charge in [-0.1, -0.05) is 28.9 Å². The predicted octanol–water partition coefficient (Wildman–Crippen LogP) is 6.13. The third kappa shape index (κ3) is 6.14. The molecule has 9 heteroatoms. The average Bonchev–Trinajstić information content (AvgIpc) is 2.93. The first kappa shape index (κ1) is 29.1. The summed E-state index contributed by atoms with van der Waals surface area (Å²) in [5, 5.41) is 3.41. The van der Waals surface area contributed by atoms with E-state index in [0.717, 1.165) is 27.0 Å². The molecule has 39 heavy (non-hydrogen) atoms. The number of esters is 1. The van der Waals surface area contributed by atoms with E-state index in [4.69, 9.17) is 18.9 Å². The third-order valence-electron chi connectivity index (χ3n) is 7.09. The van der Waals surface area contributed by atoms with Gasteiger partial charge >= 0.3 is 5.97 Å². The van der Waals surface area contributed by atoms with Gasteiger partial charge in [0.1, 0.15) is 12.4 Å². The van der Waals surface area contributed by atoms with Crippen molar-refractivity contribution in [2.24, 2.45) is 0 Å². The molecule has 0 fully saturated rings. The highest BCUT2D eigenvalue weighted by molar-refractivity contribution is 9.10. The molecule has 1 aliphatic carbocycles. The number of halogens is 1. The fourth-order valence-corrected chi connectivity index (χ4v) is 6.18. The Morgan fingerprint density at radius 1 is 1.03 bits per heavy atom. The summed E-state index contributed by atoms with van der Waals surface area (Å²) in [4.78, 5) is 27.4. The Morgan fingerprint density at radius 2 is 1.74 bits per heavy atom. The molecular formula is C30H34BrNO6S. The van der Waals surface area contributed by atoms with Gasteiger partial charge < -0.3 is 24.3 Å². The second kappa shape index (κ2) is 13.0. The van der Waals surface area contributed by atoms with Gasteiger partial charge in [0.05, 0.1) is 32.8 Å². The van der Waals surface area contributed by atoms with Crippen molar-refractivity contribution in [2.75, 3.05) is 39.4 Å². The molecule has 0 bridgehead atoms. The number of hydrogen-bond donors (Lipinski definition) is 1. The number of thioether (sulfide) groups is 1. The first-order valence-corrected chi connectivity index (χ1v) is 14.8. The standard InChI is InChI=1S/C30H34BrNO6S/c1-6-39-12-11-38-30(34)27-17(2)32-22-13-19(18-7-9-25(36-4)26(15-18)37-5)14-23(33)29(22)28(27)21-16-20(31)8-10-24(21)35-3/h7-10,15-16,19,28,32H,6,11-14H2,1-5H3/t19-,28+/m0/s1. The molecule has 0 saturated carbocycles. The fourth-order valence-electron chi connectivity index (χ4n) is 5.31. The summed E-state index contributed by atoms with van der Waals surface area (Å²) < 4.78 is 23.1. The number of dihydropyridines is 1. The molecule has 0 amide bonds. The van der Waals surface area contributed by atoms with Gasteiger partial charge in [-0.3, -0.25) is 4.79 Å². The molecule has 4 rings (SSSR count). The molecule has 2 aromatic carbocycles. The van der Waals surface area contributed by atoms with Crippen LogP contribution in [-0.4, -0.2) is 51.2 Å². The van der Waals surface area contributed by atoms with Crippen LogP contribution in [0.5, 0.6) is 17.2 Å². The van der Waals surface area contributed by atoms with Crippen LogP contribution < -0.4 is 19.5 Å². The van der Waals surface area contributed by atoms with Crippen molar-refractivity contribution >= 4 is 39.4 Å². The first-order chi connectivity index (χ1) is 18.8. The number of rotatable bonds is 10. The maximum Gasteiger partial charge on any atom is 0.336 e. The lowest BCUT2D eigenvalue weighted by Crippen LogP contribution is -2.36. The lowest BCUT2D eigenvalue weighted by molar-refractivity contribution is -0.138. The van der Waals surface area contributed by atoms with Gasteiger partial charge in [-0.05, 0) is 60.9 Å². The smallest absolute Gasteiger partial charge is 0.336 e. The highest BCUT2D eigenvalue weighted by Gasteiger charge is 2.42. The number of allylic oxidation sites excluding steroid dienone is 3. The number of benzene rings is 2. The summed E-state index contributed by atoms with van der Waals surface area (Å²) in [5.74, 6) is 2.42. The highest BCUT2D eigenvalue weighted by Crippen LogP contribution is 2.48. The van der Waals surface area contributed by atoms with Gasteiger partial charge in [-0.25, -0.2) is 4.79 Å². The Hall–Kier alpha value is -2.91. The highest BCUT2D eigenvalue weighted by atomic mass is 79.9. The summed E-state index contributed by atoms with van der Waals surface area (Å²) in [6, 6.07) is 11.4. The molecule has 2 aromatic rings. The van der Waals surface area contributed by atoms with E-state index in [1.807, 2.05) is 43.3 Å². The van der Waals surface area contributed by atoms with Crippen LogP contribution in [0.2, 0.25) is 0 Å². The second-order valence-corrected chi connectivity index (χ2v) is 11.7. The Morgan fingerprint density at radius 3 is 2.44 bits per heavy atom. The summed E-state index contributed by atoms with van der Waals surface area (Å²) in [5.41, 5.74) is 4.25. The number of hydrogen-bond acceptors (Lipinski definition) is 8. The van der Waals surface area contributed by atoms with Crippen LogP contribution in [-0.2, 0) is 14.3 Å². The summed E-state index contributed by atoms with van der Waals surface area (Å²) >= 11 is 5.27. The lowest BCUT2D eigenvalue weighted by Gasteiger charge is -2.37. The summed E-state index contributed by atoms with van der Waals surface area (Å²) in [6.07, 6.45) is 0.910. The average molecular weight is 617 g/mol. The van der Waals surface area contributed by atoms with Crippen molar-refractivity contribution in [2.45, 2.75) is 38.5 Å². The second-order valence-electron chi connectivity index (χ2n) is 9.35. The molecule has 0 radical (unpaired) electrons. The van der Waals surface area contributed by atoms with Gasteiger partial charge in [-0.2, -0.15) is 11.8 Å². The van der Waals surface area contributed by atoms with Crippen LogP contribution in [0.3, 0.4) is 0 Å². The summed E-state index contributed by atoms with van der Waals surface area (Å²) in [6.45, 7) is 4.23. The molecule has 208 valence electrons. The van der Waals surface area contributed by atoms with Gasteiger partial charge in [0.2, 0.25) is 0 Å². The first-order valence-electron chi connectivity index (χ1n) is 12.9. The van der Waals surface area contributed by atoms with E-state index >= 15 is 0 Å². The van der Waals surface area contributed by atoms with Crippen LogP contribution >= 0.6 is 27.7 Å². The number of carbonyl (C=O) groups is 2. The van der Waals surface area contributed by atoms with Crippen LogP contribution in [0.25, 0.3) is 0 Å². The van der Waals surface area contributed by atoms with Crippen molar-refractivity contribution < 1.29 is 28.5 Å². The molecule has 2 aliphatic rings. The number of ether oxygens (including phenoxy) is 4. The maximum absolute atomic E-state index is 13.9. The van der Waals surface area contributed by atoms with E-state index < -0.39 is 11.9 Å². The van der Waals surface area contributed by atoms with E-state index in [0.29, 0.717) is 59.3 Å². The van der Waals surface area contributed by atoms with Crippen molar-refractivity contribution in [3.05, 3.63) is 74.5 Å². The number of carbonyl (C=O) groups excluding carboxylic acids is 2. The zero-order chi connectivity index (χ0) is 28.1. The quantitative estimate of drug-likeness (QED) is 0.252. The van der Waals surface area contributed by atoms with Gasteiger partial charge in [0.25, 0.3) is 0 Å². The molecule has 1 heterocycles. The third-order valence-corrected chi connectivity index (χ3v) is 8.45. The van der Waals surface area contributed by atoms with E-state index in [1.165, 1.54) is 0 Å². The Labute approximate surface area is 242 Å². The van der Waals surface area contributed by atoms with Crippen LogP contribution in [0.15, 0.2) is 63.4 Å². The molecule has 2 atom stereocenters. The topological polar surface area (TPSA) is 83.1 Å².